The first kappa shape index (κ1) is 15.9. The van der Waals surface area contributed by atoms with Crippen molar-refractivity contribution in [2.24, 2.45) is 5.73 Å². The number of halogens is 3. The second kappa shape index (κ2) is 5.08. The second-order valence-corrected chi connectivity index (χ2v) is 4.43. The number of anilines is 1. The number of nitro benzene ring substituents is 1. The number of amides is 1. The lowest BCUT2D eigenvalue weighted by Gasteiger charge is -2.26. The highest BCUT2D eigenvalue weighted by atomic mass is 19.4. The Morgan fingerprint density at radius 1 is 1.40 bits per heavy atom. The van der Waals surface area contributed by atoms with Crippen LogP contribution >= 0.6 is 0 Å². The summed E-state index contributed by atoms with van der Waals surface area (Å²) in [5.41, 5.74) is 1.47. The maximum atomic E-state index is 12.6. The fourth-order valence-electron chi connectivity index (χ4n) is 1.28. The van der Waals surface area contributed by atoms with Crippen LogP contribution < -0.4 is 11.1 Å². The highest BCUT2D eigenvalue weighted by Gasteiger charge is 2.54. The van der Waals surface area contributed by atoms with Crippen LogP contribution in [0.25, 0.3) is 0 Å². The molecule has 9 heteroatoms. The number of hydrogen-bond acceptors (Lipinski definition) is 4. The van der Waals surface area contributed by atoms with Crippen molar-refractivity contribution < 1.29 is 22.9 Å². The largest absolute Gasteiger partial charge is 0.415 e. The molecule has 0 saturated carbocycles. The third kappa shape index (κ3) is 3.05. The number of alkyl halides is 3. The second-order valence-electron chi connectivity index (χ2n) is 4.43. The van der Waals surface area contributed by atoms with E-state index in [1.54, 1.807) is 6.92 Å². The van der Waals surface area contributed by atoms with Gasteiger partial charge in [0.05, 0.1) is 4.92 Å². The molecule has 0 saturated heterocycles. The Bertz CT molecular complexity index is 556. The van der Waals surface area contributed by atoms with Gasteiger partial charge in [0.1, 0.15) is 5.69 Å². The molecule has 1 aromatic rings. The van der Waals surface area contributed by atoms with E-state index in [0.717, 1.165) is 12.1 Å². The highest BCUT2D eigenvalue weighted by Crippen LogP contribution is 2.31. The minimum Gasteiger partial charge on any atom is -0.318 e. The van der Waals surface area contributed by atoms with Crippen molar-refractivity contribution in [2.75, 3.05) is 5.32 Å². The molecule has 0 radical (unpaired) electrons. The number of nitro groups is 1. The normalized spacial score (nSPS) is 14.5. The molecule has 1 aromatic carbocycles. The van der Waals surface area contributed by atoms with Gasteiger partial charge >= 0.3 is 6.18 Å². The molecule has 0 aromatic heterocycles. The van der Waals surface area contributed by atoms with Gasteiger partial charge in [0, 0.05) is 6.07 Å². The van der Waals surface area contributed by atoms with Crippen LogP contribution in [-0.2, 0) is 4.79 Å². The van der Waals surface area contributed by atoms with Crippen molar-refractivity contribution in [3.05, 3.63) is 33.9 Å². The predicted octanol–water partition coefficient (Wildman–Crippen LogP) is 2.12. The first-order valence-electron chi connectivity index (χ1n) is 5.39. The molecule has 1 amide bonds. The Morgan fingerprint density at radius 2 is 1.95 bits per heavy atom. The SMILES string of the molecule is Cc1ccc(NC(=O)C(C)(N)C(F)(F)F)c([N+](=O)[O-])c1. The van der Waals surface area contributed by atoms with Gasteiger partial charge in [0.15, 0.2) is 5.54 Å². The van der Waals surface area contributed by atoms with Crippen molar-refractivity contribution in [2.45, 2.75) is 25.6 Å². The topological polar surface area (TPSA) is 98.3 Å². The standard InChI is InChI=1S/C11H12F3N3O3/c1-6-3-4-7(8(5-6)17(19)20)16-9(18)10(2,15)11(12,13)14/h3-5H,15H2,1-2H3,(H,16,18). The van der Waals surface area contributed by atoms with Crippen LogP contribution in [0.5, 0.6) is 0 Å². The number of nitrogens with zero attached hydrogens (tertiary/aromatic N) is 1. The summed E-state index contributed by atoms with van der Waals surface area (Å²) in [6.07, 6.45) is -4.98. The van der Waals surface area contributed by atoms with E-state index >= 15 is 0 Å². The average molecular weight is 291 g/mol. The van der Waals surface area contributed by atoms with Crippen LogP contribution in [0.4, 0.5) is 24.5 Å². The minimum atomic E-state index is -4.98. The monoisotopic (exact) mass is 291 g/mol. The zero-order chi connectivity index (χ0) is 15.7. The van der Waals surface area contributed by atoms with E-state index in [9.17, 15) is 28.1 Å². The number of benzene rings is 1. The molecule has 0 aliphatic carbocycles. The quantitative estimate of drug-likeness (QED) is 0.658. The molecule has 1 atom stereocenters. The van der Waals surface area contributed by atoms with E-state index < -0.39 is 28.2 Å². The van der Waals surface area contributed by atoms with Gasteiger partial charge in [0.2, 0.25) is 0 Å². The predicted molar refractivity (Wildman–Crippen MR) is 65.1 cm³/mol. The van der Waals surface area contributed by atoms with Crippen LogP contribution in [0, 0.1) is 17.0 Å². The van der Waals surface area contributed by atoms with Gasteiger partial charge < -0.3 is 11.1 Å². The number of rotatable bonds is 3. The summed E-state index contributed by atoms with van der Waals surface area (Å²) in [7, 11) is 0. The van der Waals surface area contributed by atoms with Gasteiger partial charge in [-0.2, -0.15) is 13.2 Å². The Hall–Kier alpha value is -2.16. The van der Waals surface area contributed by atoms with E-state index in [0.29, 0.717) is 12.5 Å². The molecule has 0 aliphatic heterocycles. The fraction of sp³-hybridized carbons (Fsp3) is 0.364. The summed E-state index contributed by atoms with van der Waals surface area (Å²) < 4.78 is 37.8. The summed E-state index contributed by atoms with van der Waals surface area (Å²) in [5.74, 6) is -1.57. The molecule has 0 bridgehead atoms. The molecule has 0 heterocycles. The first-order valence-corrected chi connectivity index (χ1v) is 5.39. The Kier molecular flexibility index (Phi) is 4.04. The lowest BCUT2D eigenvalue weighted by molar-refractivity contribution is -0.384. The number of hydrogen-bond donors (Lipinski definition) is 2. The van der Waals surface area contributed by atoms with E-state index in [1.165, 1.54) is 6.07 Å². The zero-order valence-corrected chi connectivity index (χ0v) is 10.6. The van der Waals surface area contributed by atoms with Crippen molar-refractivity contribution in [1.82, 2.24) is 0 Å². The van der Waals surface area contributed by atoms with Gasteiger partial charge in [-0.25, -0.2) is 0 Å². The first-order chi connectivity index (χ1) is 8.96. The average Bonchev–Trinajstić information content (AvgIpc) is 2.29. The fourth-order valence-corrected chi connectivity index (χ4v) is 1.28. The van der Waals surface area contributed by atoms with E-state index in [1.807, 2.05) is 5.32 Å². The number of carbonyl (C=O) groups is 1. The maximum absolute atomic E-state index is 12.6. The van der Waals surface area contributed by atoms with Crippen LogP contribution in [0.2, 0.25) is 0 Å². The van der Waals surface area contributed by atoms with Crippen molar-refractivity contribution in [1.29, 1.82) is 0 Å². The van der Waals surface area contributed by atoms with Gasteiger partial charge in [0.25, 0.3) is 11.6 Å². The van der Waals surface area contributed by atoms with Crippen molar-refractivity contribution >= 4 is 17.3 Å². The van der Waals surface area contributed by atoms with E-state index in [4.69, 9.17) is 5.73 Å². The van der Waals surface area contributed by atoms with Crippen LogP contribution in [0.15, 0.2) is 18.2 Å². The molecule has 1 rings (SSSR count). The Balaban J connectivity index is 3.12. The molecule has 3 N–H and O–H groups in total. The molecular weight excluding hydrogens is 279 g/mol. The molecular formula is C11H12F3N3O3. The lowest BCUT2D eigenvalue weighted by Crippen LogP contribution is -2.59. The van der Waals surface area contributed by atoms with Crippen molar-refractivity contribution in [3.63, 3.8) is 0 Å². The number of nitrogens with two attached hydrogens (primary N) is 1. The molecule has 1 unspecified atom stereocenters. The number of carbonyl (C=O) groups excluding carboxylic acids is 1. The van der Waals surface area contributed by atoms with Crippen molar-refractivity contribution in [3.8, 4) is 0 Å². The molecule has 6 nitrogen and oxygen atoms in total. The number of aryl methyl sites for hydroxylation is 1. The highest BCUT2D eigenvalue weighted by molar-refractivity contribution is 5.99. The summed E-state index contributed by atoms with van der Waals surface area (Å²) in [4.78, 5) is 21.6. The maximum Gasteiger partial charge on any atom is 0.415 e. The minimum absolute atomic E-state index is 0.341. The van der Waals surface area contributed by atoms with E-state index in [-0.39, 0.29) is 5.69 Å². The Morgan fingerprint density at radius 3 is 2.40 bits per heavy atom. The van der Waals surface area contributed by atoms with Gasteiger partial charge in [-0.1, -0.05) is 6.07 Å². The molecule has 0 aliphatic rings. The smallest absolute Gasteiger partial charge is 0.318 e. The van der Waals surface area contributed by atoms with Gasteiger partial charge in [-0.15, -0.1) is 0 Å². The summed E-state index contributed by atoms with van der Waals surface area (Å²) in [6.45, 7) is 2.06. The Labute approximate surface area is 111 Å². The van der Waals surface area contributed by atoms with Crippen LogP contribution in [-0.4, -0.2) is 22.5 Å². The van der Waals surface area contributed by atoms with Gasteiger partial charge in [-0.05, 0) is 25.5 Å². The van der Waals surface area contributed by atoms with Gasteiger partial charge in [-0.3, -0.25) is 14.9 Å². The number of nitrogens with one attached hydrogen (secondary N) is 1. The summed E-state index contributed by atoms with van der Waals surface area (Å²) in [6, 6.07) is 3.71. The zero-order valence-electron chi connectivity index (χ0n) is 10.6. The molecule has 0 spiro atoms. The third-order valence-corrected chi connectivity index (χ3v) is 2.66. The summed E-state index contributed by atoms with van der Waals surface area (Å²) >= 11 is 0. The lowest BCUT2D eigenvalue weighted by atomic mass is 10.0. The van der Waals surface area contributed by atoms with Crippen LogP contribution in [0.3, 0.4) is 0 Å². The molecule has 20 heavy (non-hydrogen) atoms. The summed E-state index contributed by atoms with van der Waals surface area (Å²) in [5, 5.41) is 12.6. The third-order valence-electron chi connectivity index (χ3n) is 2.66. The van der Waals surface area contributed by atoms with Crippen LogP contribution in [0.1, 0.15) is 12.5 Å². The molecule has 110 valence electrons. The molecule has 0 fully saturated rings. The van der Waals surface area contributed by atoms with E-state index in [2.05, 4.69) is 0 Å².